The minimum absolute atomic E-state index is 0.00389. The van der Waals surface area contributed by atoms with E-state index in [9.17, 15) is 4.79 Å². The monoisotopic (exact) mass is 282 g/mol. The van der Waals surface area contributed by atoms with Gasteiger partial charge in [-0.15, -0.1) is 11.3 Å². The first-order valence-electron chi connectivity index (χ1n) is 6.91. The molecule has 19 heavy (non-hydrogen) atoms. The molecule has 2 N–H and O–H groups in total. The van der Waals surface area contributed by atoms with Crippen molar-refractivity contribution >= 4 is 17.4 Å². The molecule has 1 aromatic heterocycles. The van der Waals surface area contributed by atoms with E-state index in [0.717, 1.165) is 25.8 Å². The molecule has 2 heterocycles. The third kappa shape index (κ3) is 3.94. The quantitative estimate of drug-likeness (QED) is 0.891. The minimum atomic E-state index is 0.00389. The van der Waals surface area contributed by atoms with E-state index in [1.807, 2.05) is 4.90 Å². The number of aliphatic hydroxyl groups excluding tert-OH is 1. The van der Waals surface area contributed by atoms with Crippen LogP contribution in [0.5, 0.6) is 0 Å². The molecule has 0 aliphatic carbocycles. The molecule has 0 aromatic carbocycles. The van der Waals surface area contributed by atoms with Crippen molar-refractivity contribution < 1.29 is 9.90 Å². The van der Waals surface area contributed by atoms with Crippen LogP contribution in [0.3, 0.4) is 0 Å². The molecule has 1 fully saturated rings. The van der Waals surface area contributed by atoms with E-state index in [4.69, 9.17) is 5.11 Å². The highest BCUT2D eigenvalue weighted by atomic mass is 32.1. The van der Waals surface area contributed by atoms with Crippen molar-refractivity contribution in [2.45, 2.75) is 45.2 Å². The Hall–Kier alpha value is -1.07. The van der Waals surface area contributed by atoms with E-state index in [-0.39, 0.29) is 18.7 Å². The van der Waals surface area contributed by atoms with Gasteiger partial charge in [-0.1, -0.05) is 0 Å². The van der Waals surface area contributed by atoms with Crippen molar-refractivity contribution in [3.05, 3.63) is 21.9 Å². The molecule has 0 spiro atoms. The third-order valence-corrected chi connectivity index (χ3v) is 4.56. The van der Waals surface area contributed by atoms with E-state index in [1.54, 1.807) is 11.3 Å². The molecule has 2 rings (SSSR count). The fraction of sp³-hybridized carbons (Fsp3) is 0.643. The van der Waals surface area contributed by atoms with Crippen molar-refractivity contribution in [2.24, 2.45) is 0 Å². The highest BCUT2D eigenvalue weighted by molar-refractivity contribution is 7.11. The van der Waals surface area contributed by atoms with Crippen LogP contribution in [0.2, 0.25) is 0 Å². The number of nitrogens with one attached hydrogen (secondary N) is 1. The highest BCUT2D eigenvalue weighted by Crippen LogP contribution is 2.20. The lowest BCUT2D eigenvalue weighted by molar-refractivity contribution is 0.131. The largest absolute Gasteiger partial charge is 0.396 e. The molecule has 1 saturated heterocycles. The van der Waals surface area contributed by atoms with Crippen LogP contribution in [-0.2, 0) is 6.54 Å². The minimum Gasteiger partial charge on any atom is -0.396 e. The van der Waals surface area contributed by atoms with Gasteiger partial charge in [-0.05, 0) is 44.7 Å². The number of hydrogen-bond acceptors (Lipinski definition) is 3. The summed E-state index contributed by atoms with van der Waals surface area (Å²) in [6, 6.07) is 4.33. The molecule has 0 saturated carbocycles. The maximum atomic E-state index is 12.2. The standard InChI is InChI=1S/C14H22N2O2S/c1-11-5-6-13(19-11)10-15-14(18)16-8-3-2-4-12(16)7-9-17/h5-6,12,17H,2-4,7-10H2,1H3,(H,15,18). The molecule has 0 radical (unpaired) electrons. The Labute approximate surface area is 118 Å². The molecule has 1 unspecified atom stereocenters. The first-order valence-corrected chi connectivity index (χ1v) is 7.73. The van der Waals surface area contributed by atoms with Gasteiger partial charge in [0.25, 0.3) is 0 Å². The normalized spacial score (nSPS) is 19.5. The van der Waals surface area contributed by atoms with Crippen LogP contribution in [-0.4, -0.2) is 35.2 Å². The second kappa shape index (κ2) is 6.91. The lowest BCUT2D eigenvalue weighted by Gasteiger charge is -2.35. The van der Waals surface area contributed by atoms with Crippen LogP contribution in [0, 0.1) is 6.92 Å². The van der Waals surface area contributed by atoms with E-state index in [2.05, 4.69) is 24.4 Å². The topological polar surface area (TPSA) is 52.6 Å². The zero-order valence-electron chi connectivity index (χ0n) is 11.4. The van der Waals surface area contributed by atoms with Gasteiger partial charge >= 0.3 is 6.03 Å². The van der Waals surface area contributed by atoms with Gasteiger partial charge in [0.15, 0.2) is 0 Å². The number of thiophene rings is 1. The van der Waals surface area contributed by atoms with Gasteiger partial charge in [0.2, 0.25) is 0 Å². The first-order chi connectivity index (χ1) is 9.20. The number of piperidine rings is 1. The molecule has 1 aromatic rings. The van der Waals surface area contributed by atoms with Gasteiger partial charge in [-0.3, -0.25) is 0 Å². The smallest absolute Gasteiger partial charge is 0.317 e. The fourth-order valence-corrected chi connectivity index (χ4v) is 3.39. The second-order valence-corrected chi connectivity index (χ2v) is 6.40. The summed E-state index contributed by atoms with van der Waals surface area (Å²) in [5, 5.41) is 12.1. The SMILES string of the molecule is Cc1ccc(CNC(=O)N2CCCCC2CCO)s1. The summed E-state index contributed by atoms with van der Waals surface area (Å²) < 4.78 is 0. The van der Waals surface area contributed by atoms with Crippen molar-refractivity contribution in [2.75, 3.05) is 13.2 Å². The second-order valence-electron chi connectivity index (χ2n) is 5.03. The summed E-state index contributed by atoms with van der Waals surface area (Å²) >= 11 is 1.71. The molecule has 106 valence electrons. The summed E-state index contributed by atoms with van der Waals surface area (Å²) in [7, 11) is 0. The molecular formula is C14H22N2O2S. The fourth-order valence-electron chi connectivity index (χ4n) is 2.56. The predicted octanol–water partition coefficient (Wildman–Crippen LogP) is 2.50. The maximum absolute atomic E-state index is 12.2. The Bertz CT molecular complexity index is 417. The number of carbonyl (C=O) groups excluding carboxylic acids is 1. The van der Waals surface area contributed by atoms with Crippen LogP contribution in [0.1, 0.15) is 35.4 Å². The van der Waals surface area contributed by atoms with Gasteiger partial charge < -0.3 is 15.3 Å². The zero-order chi connectivity index (χ0) is 13.7. The Morgan fingerprint density at radius 3 is 3.05 bits per heavy atom. The molecular weight excluding hydrogens is 260 g/mol. The molecule has 1 aliphatic heterocycles. The predicted molar refractivity (Wildman–Crippen MR) is 77.3 cm³/mol. The van der Waals surface area contributed by atoms with Crippen molar-refractivity contribution in [3.63, 3.8) is 0 Å². The Morgan fingerprint density at radius 2 is 2.37 bits per heavy atom. The van der Waals surface area contributed by atoms with Crippen LogP contribution in [0.4, 0.5) is 4.79 Å². The van der Waals surface area contributed by atoms with Gasteiger partial charge in [-0.2, -0.15) is 0 Å². The number of rotatable bonds is 4. The average molecular weight is 282 g/mol. The number of carbonyl (C=O) groups is 1. The molecule has 4 nitrogen and oxygen atoms in total. The van der Waals surface area contributed by atoms with Crippen LogP contribution >= 0.6 is 11.3 Å². The van der Waals surface area contributed by atoms with Crippen molar-refractivity contribution in [3.8, 4) is 0 Å². The number of amides is 2. The number of aryl methyl sites for hydroxylation is 1. The lowest BCUT2D eigenvalue weighted by atomic mass is 10.0. The summed E-state index contributed by atoms with van der Waals surface area (Å²) in [4.78, 5) is 16.5. The number of hydrogen-bond donors (Lipinski definition) is 2. The summed E-state index contributed by atoms with van der Waals surface area (Å²) in [6.07, 6.45) is 3.91. The zero-order valence-corrected chi connectivity index (χ0v) is 12.2. The van der Waals surface area contributed by atoms with E-state index < -0.39 is 0 Å². The molecule has 5 heteroatoms. The molecule has 0 bridgehead atoms. The molecule has 2 amide bonds. The summed E-state index contributed by atoms with van der Waals surface area (Å²) in [6.45, 7) is 3.62. The van der Waals surface area contributed by atoms with Crippen LogP contribution < -0.4 is 5.32 Å². The number of likely N-dealkylation sites (tertiary alicyclic amines) is 1. The number of urea groups is 1. The highest BCUT2D eigenvalue weighted by Gasteiger charge is 2.25. The van der Waals surface area contributed by atoms with Gasteiger partial charge in [0.1, 0.15) is 0 Å². The first kappa shape index (κ1) is 14.3. The molecule has 1 aliphatic rings. The summed E-state index contributed by atoms with van der Waals surface area (Å²) in [5.74, 6) is 0. The Balaban J connectivity index is 1.86. The van der Waals surface area contributed by atoms with Crippen molar-refractivity contribution in [1.29, 1.82) is 0 Å². The number of nitrogens with zero attached hydrogens (tertiary/aromatic N) is 1. The Morgan fingerprint density at radius 1 is 1.53 bits per heavy atom. The Kier molecular flexibility index (Phi) is 5.22. The molecule has 1 atom stereocenters. The van der Waals surface area contributed by atoms with E-state index in [0.29, 0.717) is 13.0 Å². The third-order valence-electron chi connectivity index (χ3n) is 3.56. The number of aliphatic hydroxyl groups is 1. The van der Waals surface area contributed by atoms with Gasteiger partial charge in [0.05, 0.1) is 6.54 Å². The van der Waals surface area contributed by atoms with E-state index in [1.165, 1.54) is 9.75 Å². The summed E-state index contributed by atoms with van der Waals surface area (Å²) in [5.41, 5.74) is 0. The lowest BCUT2D eigenvalue weighted by Crippen LogP contribution is -2.48. The van der Waals surface area contributed by atoms with Crippen molar-refractivity contribution in [1.82, 2.24) is 10.2 Å². The van der Waals surface area contributed by atoms with Gasteiger partial charge in [0, 0.05) is 28.9 Å². The van der Waals surface area contributed by atoms with Crippen LogP contribution in [0.25, 0.3) is 0 Å². The average Bonchev–Trinajstić information content (AvgIpc) is 2.83. The van der Waals surface area contributed by atoms with Crippen LogP contribution in [0.15, 0.2) is 12.1 Å². The van der Waals surface area contributed by atoms with Gasteiger partial charge in [-0.25, -0.2) is 4.79 Å². The maximum Gasteiger partial charge on any atom is 0.317 e. The van der Waals surface area contributed by atoms with E-state index >= 15 is 0 Å².